The van der Waals surface area contributed by atoms with Gasteiger partial charge in [0.25, 0.3) is 5.91 Å². The Morgan fingerprint density at radius 2 is 1.84 bits per heavy atom. The molecule has 0 aliphatic carbocycles. The fourth-order valence-electron chi connectivity index (χ4n) is 3.19. The van der Waals surface area contributed by atoms with Crippen LogP contribution in [-0.2, 0) is 9.53 Å². The summed E-state index contributed by atoms with van der Waals surface area (Å²) in [5.74, 6) is -0.308. The van der Waals surface area contributed by atoms with E-state index in [1.54, 1.807) is 49.5 Å². The van der Waals surface area contributed by atoms with E-state index in [1.165, 1.54) is 0 Å². The molecule has 0 aliphatic rings. The highest BCUT2D eigenvalue weighted by atomic mass is 35.5. The first-order valence-corrected chi connectivity index (χ1v) is 10.4. The van der Waals surface area contributed by atoms with E-state index < -0.39 is 5.91 Å². The third-order valence-electron chi connectivity index (χ3n) is 4.70. The van der Waals surface area contributed by atoms with Crippen LogP contribution in [0.5, 0.6) is 5.75 Å². The molecule has 7 nitrogen and oxygen atoms in total. The molecule has 0 unspecified atom stereocenters. The molecule has 0 saturated heterocycles. The molecule has 2 aromatic carbocycles. The van der Waals surface area contributed by atoms with E-state index in [0.29, 0.717) is 22.9 Å². The summed E-state index contributed by atoms with van der Waals surface area (Å²) < 4.78 is 12.5. The van der Waals surface area contributed by atoms with Gasteiger partial charge in [-0.05, 0) is 63.2 Å². The van der Waals surface area contributed by atoms with Crippen LogP contribution in [0, 0.1) is 13.8 Å². The van der Waals surface area contributed by atoms with Crippen molar-refractivity contribution in [3.8, 4) is 11.4 Å². The fourth-order valence-corrected chi connectivity index (χ4v) is 3.38. The molecule has 1 heterocycles. The molecule has 0 fully saturated rings. The molecule has 0 radical (unpaired) electrons. The number of carbonyl (C=O) groups is 2. The van der Waals surface area contributed by atoms with Crippen molar-refractivity contribution in [3.63, 3.8) is 0 Å². The summed E-state index contributed by atoms with van der Waals surface area (Å²) in [6, 6.07) is 16.1. The summed E-state index contributed by atoms with van der Waals surface area (Å²) in [6.07, 6.45) is 1.58. The third kappa shape index (κ3) is 5.56. The predicted molar refractivity (Wildman–Crippen MR) is 124 cm³/mol. The van der Waals surface area contributed by atoms with E-state index in [9.17, 15) is 9.59 Å². The van der Waals surface area contributed by atoms with E-state index in [0.717, 1.165) is 22.6 Å². The van der Waals surface area contributed by atoms with Gasteiger partial charge in [-0.2, -0.15) is 5.10 Å². The number of hydrogen-bond acceptors (Lipinski definition) is 5. The lowest BCUT2D eigenvalue weighted by Gasteiger charge is -2.10. The average molecular weight is 454 g/mol. The molecule has 8 heteroatoms. The largest absolute Gasteiger partial charge is 0.482 e. The van der Waals surface area contributed by atoms with Crippen molar-refractivity contribution in [2.24, 2.45) is 5.10 Å². The number of halogens is 1. The smallest absolute Gasteiger partial charge is 0.338 e. The van der Waals surface area contributed by atoms with Gasteiger partial charge >= 0.3 is 5.97 Å². The summed E-state index contributed by atoms with van der Waals surface area (Å²) in [5, 5.41) is 4.47. The second-order valence-electron chi connectivity index (χ2n) is 6.94. The first kappa shape index (κ1) is 23.1. The number of aryl methyl sites for hydroxylation is 1. The highest BCUT2D eigenvalue weighted by molar-refractivity contribution is 6.32. The Balaban J connectivity index is 1.64. The van der Waals surface area contributed by atoms with E-state index in [1.807, 2.05) is 36.6 Å². The van der Waals surface area contributed by atoms with Gasteiger partial charge < -0.3 is 14.0 Å². The number of para-hydroxylation sites is 1. The molecule has 1 N–H and O–H groups in total. The number of benzene rings is 2. The van der Waals surface area contributed by atoms with E-state index in [4.69, 9.17) is 21.1 Å². The number of nitrogens with zero attached hydrogens (tertiary/aromatic N) is 2. The molecule has 3 aromatic rings. The third-order valence-corrected chi connectivity index (χ3v) is 5.01. The van der Waals surface area contributed by atoms with Crippen LogP contribution >= 0.6 is 11.6 Å². The lowest BCUT2D eigenvalue weighted by atomic mass is 10.2. The number of esters is 1. The predicted octanol–water partition coefficient (Wildman–Crippen LogP) is 4.45. The van der Waals surface area contributed by atoms with Crippen LogP contribution in [0.25, 0.3) is 5.69 Å². The first-order valence-electron chi connectivity index (χ1n) is 10.1. The highest BCUT2D eigenvalue weighted by Gasteiger charge is 2.12. The maximum Gasteiger partial charge on any atom is 0.338 e. The normalized spacial score (nSPS) is 10.9. The monoisotopic (exact) mass is 453 g/mol. The highest BCUT2D eigenvalue weighted by Crippen LogP contribution is 2.23. The minimum absolute atomic E-state index is 0.201. The number of carbonyl (C=O) groups excluding carboxylic acids is 2. The Bertz CT molecular complexity index is 1140. The Morgan fingerprint density at radius 3 is 2.53 bits per heavy atom. The van der Waals surface area contributed by atoms with Crippen molar-refractivity contribution < 1.29 is 19.1 Å². The van der Waals surface area contributed by atoms with Crippen LogP contribution in [-0.4, -0.2) is 35.9 Å². The van der Waals surface area contributed by atoms with E-state index in [-0.39, 0.29) is 12.6 Å². The maximum atomic E-state index is 12.0. The molecule has 0 bridgehead atoms. The van der Waals surface area contributed by atoms with Crippen molar-refractivity contribution in [1.82, 2.24) is 9.99 Å². The van der Waals surface area contributed by atoms with Gasteiger partial charge in [0.2, 0.25) is 0 Å². The second-order valence-corrected chi connectivity index (χ2v) is 7.35. The Hall–Kier alpha value is -3.58. The van der Waals surface area contributed by atoms with Crippen molar-refractivity contribution in [2.75, 3.05) is 13.2 Å². The minimum Gasteiger partial charge on any atom is -0.482 e. The molecule has 32 heavy (non-hydrogen) atoms. The van der Waals surface area contributed by atoms with Gasteiger partial charge in [-0.15, -0.1) is 0 Å². The molecule has 0 saturated carbocycles. The van der Waals surface area contributed by atoms with Crippen LogP contribution in [0.1, 0.15) is 34.2 Å². The number of nitrogens with one attached hydrogen (secondary N) is 1. The lowest BCUT2D eigenvalue weighted by Crippen LogP contribution is -2.24. The Morgan fingerprint density at radius 1 is 1.12 bits per heavy atom. The summed E-state index contributed by atoms with van der Waals surface area (Å²) >= 11 is 6.00. The fraction of sp³-hybridized carbons (Fsp3) is 0.208. The zero-order valence-electron chi connectivity index (χ0n) is 18.1. The molecule has 0 spiro atoms. The molecule has 0 aliphatic heterocycles. The molecule has 1 amide bonds. The van der Waals surface area contributed by atoms with Crippen LogP contribution in [0.4, 0.5) is 0 Å². The van der Waals surface area contributed by atoms with Gasteiger partial charge in [0.1, 0.15) is 5.75 Å². The summed E-state index contributed by atoms with van der Waals surface area (Å²) in [5.41, 5.74) is 6.64. The number of ether oxygens (including phenoxy) is 2. The van der Waals surface area contributed by atoms with Crippen LogP contribution in [0.3, 0.4) is 0 Å². The van der Waals surface area contributed by atoms with Gasteiger partial charge in [-0.1, -0.05) is 23.7 Å². The summed E-state index contributed by atoms with van der Waals surface area (Å²) in [4.78, 5) is 23.8. The Labute approximate surface area is 191 Å². The van der Waals surface area contributed by atoms with Crippen molar-refractivity contribution in [2.45, 2.75) is 20.8 Å². The minimum atomic E-state index is -0.399. The molecular formula is C24H24ClN3O4. The van der Waals surface area contributed by atoms with Gasteiger partial charge in [0.15, 0.2) is 6.61 Å². The number of amides is 1. The van der Waals surface area contributed by atoms with Crippen LogP contribution in [0.2, 0.25) is 5.02 Å². The zero-order valence-corrected chi connectivity index (χ0v) is 18.8. The van der Waals surface area contributed by atoms with E-state index >= 15 is 0 Å². The van der Waals surface area contributed by atoms with Crippen molar-refractivity contribution in [1.29, 1.82) is 0 Å². The SMILES string of the molecule is CCOC(=O)c1ccc(-n2c(C)cc(/C=N\NC(=O)COc3ccccc3Cl)c2C)cc1. The molecule has 166 valence electrons. The average Bonchev–Trinajstić information content (AvgIpc) is 3.06. The lowest BCUT2D eigenvalue weighted by molar-refractivity contribution is -0.123. The number of hydrazone groups is 1. The van der Waals surface area contributed by atoms with Crippen molar-refractivity contribution in [3.05, 3.63) is 82.1 Å². The topological polar surface area (TPSA) is 81.9 Å². The second kappa shape index (κ2) is 10.6. The summed E-state index contributed by atoms with van der Waals surface area (Å²) in [6.45, 7) is 5.83. The van der Waals surface area contributed by atoms with Crippen molar-refractivity contribution >= 4 is 29.7 Å². The van der Waals surface area contributed by atoms with Gasteiger partial charge in [-0.25, -0.2) is 10.2 Å². The summed E-state index contributed by atoms with van der Waals surface area (Å²) in [7, 11) is 0. The molecule has 1 aromatic heterocycles. The van der Waals surface area contributed by atoms with Crippen LogP contribution < -0.4 is 10.2 Å². The maximum absolute atomic E-state index is 12.0. The number of rotatable bonds is 8. The standard InChI is InChI=1S/C24H24ClN3O4/c1-4-31-24(30)18-9-11-20(12-10-18)28-16(2)13-19(17(28)3)14-26-27-23(29)15-32-22-8-6-5-7-21(22)25/h5-14H,4,15H2,1-3H3,(H,27,29)/b26-14-. The number of hydrogen-bond donors (Lipinski definition) is 1. The molecular weight excluding hydrogens is 430 g/mol. The van der Waals surface area contributed by atoms with Gasteiger partial charge in [-0.3, -0.25) is 4.79 Å². The van der Waals surface area contributed by atoms with Gasteiger partial charge in [0.05, 0.1) is 23.4 Å². The van der Waals surface area contributed by atoms with E-state index in [2.05, 4.69) is 10.5 Å². The van der Waals surface area contributed by atoms with Crippen LogP contribution in [0.15, 0.2) is 59.7 Å². The Kier molecular flexibility index (Phi) is 7.68. The van der Waals surface area contributed by atoms with Gasteiger partial charge in [0, 0.05) is 22.6 Å². The first-order chi connectivity index (χ1) is 15.4. The number of aromatic nitrogens is 1. The molecule has 0 atom stereocenters. The quantitative estimate of drug-likeness (QED) is 0.310. The zero-order chi connectivity index (χ0) is 23.1. The molecule has 3 rings (SSSR count).